The van der Waals surface area contributed by atoms with Gasteiger partial charge in [0.15, 0.2) is 5.82 Å². The lowest BCUT2D eigenvalue weighted by molar-refractivity contribution is 1.22. The molecule has 20 heavy (non-hydrogen) atoms. The van der Waals surface area contributed by atoms with Crippen LogP contribution in [-0.4, -0.2) is 16.2 Å². The minimum Gasteiger partial charge on any atom is -0.228 e. The molecule has 1 heterocycles. The Bertz CT molecular complexity index is 773. The molecule has 0 aliphatic heterocycles. The highest BCUT2D eigenvalue weighted by molar-refractivity contribution is 7.98. The SMILES string of the molecule is CSc1ccc(-c2nc(Cl)c3ccc(Cl)cc3n2)cc1. The summed E-state index contributed by atoms with van der Waals surface area (Å²) < 4.78 is 0. The molecule has 100 valence electrons. The van der Waals surface area contributed by atoms with Crippen molar-refractivity contribution in [3.05, 3.63) is 52.6 Å². The van der Waals surface area contributed by atoms with Gasteiger partial charge in [0.25, 0.3) is 0 Å². The molecule has 3 rings (SSSR count). The van der Waals surface area contributed by atoms with Crippen molar-refractivity contribution in [1.82, 2.24) is 9.97 Å². The Morgan fingerprint density at radius 1 is 0.950 bits per heavy atom. The molecule has 3 aromatic rings. The smallest absolute Gasteiger partial charge is 0.161 e. The van der Waals surface area contributed by atoms with Crippen LogP contribution < -0.4 is 0 Å². The van der Waals surface area contributed by atoms with Gasteiger partial charge in [-0.1, -0.05) is 35.3 Å². The Hall–Kier alpha value is -1.29. The molecule has 0 radical (unpaired) electrons. The average Bonchev–Trinajstić information content (AvgIpc) is 2.46. The molecule has 0 aliphatic carbocycles. The zero-order valence-electron chi connectivity index (χ0n) is 10.6. The van der Waals surface area contributed by atoms with E-state index in [0.29, 0.717) is 16.0 Å². The van der Waals surface area contributed by atoms with Gasteiger partial charge in [0.1, 0.15) is 5.15 Å². The highest BCUT2D eigenvalue weighted by atomic mass is 35.5. The topological polar surface area (TPSA) is 25.8 Å². The Balaban J connectivity index is 2.15. The lowest BCUT2D eigenvalue weighted by atomic mass is 10.2. The van der Waals surface area contributed by atoms with Crippen LogP contribution in [0.3, 0.4) is 0 Å². The first-order valence-electron chi connectivity index (χ1n) is 5.94. The van der Waals surface area contributed by atoms with Crippen LogP contribution in [0.4, 0.5) is 0 Å². The zero-order valence-corrected chi connectivity index (χ0v) is 12.9. The summed E-state index contributed by atoms with van der Waals surface area (Å²) in [6, 6.07) is 13.5. The van der Waals surface area contributed by atoms with Gasteiger partial charge in [-0.15, -0.1) is 11.8 Å². The summed E-state index contributed by atoms with van der Waals surface area (Å²) in [6.07, 6.45) is 2.04. The number of fused-ring (bicyclic) bond motifs is 1. The van der Waals surface area contributed by atoms with Gasteiger partial charge in [0.05, 0.1) is 5.52 Å². The molecule has 0 aliphatic rings. The van der Waals surface area contributed by atoms with E-state index in [2.05, 4.69) is 9.97 Å². The Morgan fingerprint density at radius 2 is 1.70 bits per heavy atom. The summed E-state index contributed by atoms with van der Waals surface area (Å²) in [4.78, 5) is 10.1. The van der Waals surface area contributed by atoms with E-state index < -0.39 is 0 Å². The van der Waals surface area contributed by atoms with Crippen LogP contribution in [-0.2, 0) is 0 Å². The summed E-state index contributed by atoms with van der Waals surface area (Å²) in [5, 5.41) is 1.88. The van der Waals surface area contributed by atoms with Gasteiger partial charge in [-0.05, 0) is 36.6 Å². The second-order valence-corrected chi connectivity index (χ2v) is 5.90. The standard InChI is InChI=1S/C15H10Cl2N2S/c1-20-11-5-2-9(3-6-11)15-18-13-8-10(16)4-7-12(13)14(17)19-15/h2-8H,1H3. The van der Waals surface area contributed by atoms with Crippen molar-refractivity contribution < 1.29 is 0 Å². The van der Waals surface area contributed by atoms with Crippen LogP contribution in [0.15, 0.2) is 47.4 Å². The molecule has 0 bridgehead atoms. The largest absolute Gasteiger partial charge is 0.228 e. The summed E-state index contributed by atoms with van der Waals surface area (Å²) in [5.74, 6) is 0.609. The van der Waals surface area contributed by atoms with Gasteiger partial charge in [-0.3, -0.25) is 0 Å². The number of nitrogens with zero attached hydrogens (tertiary/aromatic N) is 2. The third-order valence-electron chi connectivity index (χ3n) is 2.96. The number of halogens is 2. The molecule has 5 heteroatoms. The van der Waals surface area contributed by atoms with Crippen LogP contribution in [0.1, 0.15) is 0 Å². The molecule has 1 aromatic heterocycles. The first kappa shape index (κ1) is 13.7. The number of thioether (sulfide) groups is 1. The Morgan fingerprint density at radius 3 is 2.40 bits per heavy atom. The second kappa shape index (κ2) is 5.60. The molecular weight excluding hydrogens is 311 g/mol. The van der Waals surface area contributed by atoms with Crippen molar-refractivity contribution in [2.75, 3.05) is 6.26 Å². The molecule has 0 spiro atoms. The molecule has 2 aromatic carbocycles. The maximum atomic E-state index is 6.22. The molecule has 0 saturated carbocycles. The minimum atomic E-state index is 0.440. The van der Waals surface area contributed by atoms with Crippen molar-refractivity contribution >= 4 is 45.9 Å². The van der Waals surface area contributed by atoms with E-state index in [4.69, 9.17) is 23.2 Å². The first-order valence-corrected chi connectivity index (χ1v) is 7.92. The van der Waals surface area contributed by atoms with Gasteiger partial charge in [-0.25, -0.2) is 9.97 Å². The van der Waals surface area contributed by atoms with Crippen LogP contribution in [0.2, 0.25) is 10.2 Å². The van der Waals surface area contributed by atoms with Crippen LogP contribution in [0.25, 0.3) is 22.3 Å². The number of hydrogen-bond acceptors (Lipinski definition) is 3. The number of rotatable bonds is 2. The normalized spacial score (nSPS) is 10.9. The quantitative estimate of drug-likeness (QED) is 0.471. The Kier molecular flexibility index (Phi) is 3.83. The van der Waals surface area contributed by atoms with E-state index in [1.807, 2.05) is 36.6 Å². The summed E-state index contributed by atoms with van der Waals surface area (Å²) in [5.41, 5.74) is 1.69. The van der Waals surface area contributed by atoms with E-state index in [1.54, 1.807) is 23.9 Å². The van der Waals surface area contributed by atoms with Crippen molar-refractivity contribution in [2.45, 2.75) is 4.90 Å². The van der Waals surface area contributed by atoms with Crippen molar-refractivity contribution in [3.63, 3.8) is 0 Å². The van der Waals surface area contributed by atoms with Crippen LogP contribution in [0, 0.1) is 0 Å². The molecule has 0 fully saturated rings. The van der Waals surface area contributed by atoms with Crippen LogP contribution in [0.5, 0.6) is 0 Å². The summed E-state index contributed by atoms with van der Waals surface area (Å²) >= 11 is 13.9. The molecule has 0 unspecified atom stereocenters. The predicted molar refractivity (Wildman–Crippen MR) is 86.8 cm³/mol. The fourth-order valence-electron chi connectivity index (χ4n) is 1.93. The number of benzene rings is 2. The highest BCUT2D eigenvalue weighted by Crippen LogP contribution is 2.27. The maximum Gasteiger partial charge on any atom is 0.161 e. The molecule has 0 saturated heterocycles. The monoisotopic (exact) mass is 320 g/mol. The van der Waals surface area contributed by atoms with Gasteiger partial charge >= 0.3 is 0 Å². The zero-order chi connectivity index (χ0) is 14.1. The Labute approximate surface area is 131 Å². The molecule has 0 amide bonds. The minimum absolute atomic E-state index is 0.440. The van der Waals surface area contributed by atoms with E-state index in [-0.39, 0.29) is 0 Å². The third-order valence-corrected chi connectivity index (χ3v) is 4.23. The summed E-state index contributed by atoms with van der Waals surface area (Å²) in [6.45, 7) is 0. The van der Waals surface area contributed by atoms with Crippen molar-refractivity contribution in [1.29, 1.82) is 0 Å². The molecular formula is C15H10Cl2N2S. The number of aromatic nitrogens is 2. The fraction of sp³-hybridized carbons (Fsp3) is 0.0667. The highest BCUT2D eigenvalue weighted by Gasteiger charge is 2.08. The van der Waals surface area contributed by atoms with E-state index in [0.717, 1.165) is 16.5 Å². The van der Waals surface area contributed by atoms with E-state index in [1.165, 1.54) is 4.90 Å². The first-order chi connectivity index (χ1) is 9.67. The molecule has 0 atom stereocenters. The average molecular weight is 321 g/mol. The maximum absolute atomic E-state index is 6.22. The lowest BCUT2D eigenvalue weighted by Crippen LogP contribution is -1.92. The van der Waals surface area contributed by atoms with E-state index >= 15 is 0 Å². The van der Waals surface area contributed by atoms with Gasteiger partial charge < -0.3 is 0 Å². The van der Waals surface area contributed by atoms with Crippen molar-refractivity contribution in [2.24, 2.45) is 0 Å². The third kappa shape index (κ3) is 2.62. The summed E-state index contributed by atoms with van der Waals surface area (Å²) in [7, 11) is 0. The van der Waals surface area contributed by atoms with Crippen molar-refractivity contribution in [3.8, 4) is 11.4 Å². The predicted octanol–water partition coefficient (Wildman–Crippen LogP) is 5.33. The number of hydrogen-bond donors (Lipinski definition) is 0. The van der Waals surface area contributed by atoms with Gasteiger partial charge in [0.2, 0.25) is 0 Å². The van der Waals surface area contributed by atoms with Gasteiger partial charge in [-0.2, -0.15) is 0 Å². The van der Waals surface area contributed by atoms with Gasteiger partial charge in [0, 0.05) is 20.9 Å². The molecule has 0 N–H and O–H groups in total. The second-order valence-electron chi connectivity index (χ2n) is 4.23. The molecule has 2 nitrogen and oxygen atoms in total. The van der Waals surface area contributed by atoms with Crippen LogP contribution >= 0.6 is 35.0 Å². The lowest BCUT2D eigenvalue weighted by Gasteiger charge is -2.05. The fourth-order valence-corrected chi connectivity index (χ4v) is 2.75. The van der Waals surface area contributed by atoms with E-state index in [9.17, 15) is 0 Å².